The number of aliphatic hydroxyl groups is 1. The van der Waals surface area contributed by atoms with E-state index in [0.717, 1.165) is 0 Å². The summed E-state index contributed by atoms with van der Waals surface area (Å²) in [4.78, 5) is 3.98. The second-order valence-corrected chi connectivity index (χ2v) is 4.23. The standard InChI is InChI=1S/C10H12ClN3O/c1-10(2,15)6-13-9-4-7(5-12)3-8(11)14-9/h3-4,15H,6H2,1-2H3,(H,13,14). The lowest BCUT2D eigenvalue weighted by atomic mass is 10.1. The fraction of sp³-hybridized carbons (Fsp3) is 0.400. The molecular weight excluding hydrogens is 214 g/mol. The number of hydrogen-bond donors (Lipinski definition) is 2. The maximum atomic E-state index is 9.49. The van der Waals surface area contributed by atoms with Gasteiger partial charge in [0.2, 0.25) is 0 Å². The third-order valence-electron chi connectivity index (χ3n) is 1.63. The molecule has 80 valence electrons. The molecule has 0 aliphatic rings. The maximum Gasteiger partial charge on any atom is 0.132 e. The third kappa shape index (κ3) is 4.15. The highest BCUT2D eigenvalue weighted by Crippen LogP contribution is 2.14. The van der Waals surface area contributed by atoms with Crippen molar-refractivity contribution < 1.29 is 5.11 Å². The van der Waals surface area contributed by atoms with Gasteiger partial charge in [0.1, 0.15) is 11.0 Å². The highest BCUT2D eigenvalue weighted by atomic mass is 35.5. The van der Waals surface area contributed by atoms with Crippen LogP contribution in [0.1, 0.15) is 19.4 Å². The highest BCUT2D eigenvalue weighted by molar-refractivity contribution is 6.29. The largest absolute Gasteiger partial charge is 0.389 e. The average molecular weight is 226 g/mol. The molecule has 4 nitrogen and oxygen atoms in total. The maximum absolute atomic E-state index is 9.49. The Balaban J connectivity index is 2.78. The summed E-state index contributed by atoms with van der Waals surface area (Å²) < 4.78 is 0. The Morgan fingerprint density at radius 2 is 2.27 bits per heavy atom. The summed E-state index contributed by atoms with van der Waals surface area (Å²) in [5, 5.41) is 21.3. The van der Waals surface area contributed by atoms with E-state index in [4.69, 9.17) is 16.9 Å². The van der Waals surface area contributed by atoms with Crippen molar-refractivity contribution >= 4 is 17.4 Å². The second kappa shape index (κ2) is 4.47. The van der Waals surface area contributed by atoms with Gasteiger partial charge in [-0.25, -0.2) is 4.98 Å². The van der Waals surface area contributed by atoms with Gasteiger partial charge >= 0.3 is 0 Å². The summed E-state index contributed by atoms with van der Waals surface area (Å²) in [7, 11) is 0. The van der Waals surface area contributed by atoms with Crippen LogP contribution >= 0.6 is 11.6 Å². The van der Waals surface area contributed by atoms with Gasteiger partial charge in [-0.05, 0) is 26.0 Å². The Hall–Kier alpha value is -1.31. The van der Waals surface area contributed by atoms with Crippen LogP contribution in [0.2, 0.25) is 5.15 Å². The number of aromatic nitrogens is 1. The van der Waals surface area contributed by atoms with E-state index >= 15 is 0 Å². The van der Waals surface area contributed by atoms with Crippen LogP contribution in [-0.4, -0.2) is 22.2 Å². The number of nitriles is 1. The zero-order valence-electron chi connectivity index (χ0n) is 8.58. The van der Waals surface area contributed by atoms with Gasteiger partial charge in [-0.1, -0.05) is 11.6 Å². The van der Waals surface area contributed by atoms with E-state index in [1.165, 1.54) is 6.07 Å². The van der Waals surface area contributed by atoms with Crippen LogP contribution in [-0.2, 0) is 0 Å². The van der Waals surface area contributed by atoms with Crippen molar-refractivity contribution in [3.05, 3.63) is 22.8 Å². The molecule has 0 fully saturated rings. The Morgan fingerprint density at radius 3 is 2.80 bits per heavy atom. The summed E-state index contributed by atoms with van der Waals surface area (Å²) >= 11 is 5.71. The van der Waals surface area contributed by atoms with E-state index in [1.54, 1.807) is 19.9 Å². The number of rotatable bonds is 3. The Labute approximate surface area is 93.5 Å². The van der Waals surface area contributed by atoms with E-state index in [2.05, 4.69) is 10.3 Å². The van der Waals surface area contributed by atoms with Crippen LogP contribution in [0.25, 0.3) is 0 Å². The predicted molar refractivity (Wildman–Crippen MR) is 58.7 cm³/mol. The first-order valence-corrected chi connectivity index (χ1v) is 4.82. The first kappa shape index (κ1) is 11.8. The molecule has 0 saturated carbocycles. The van der Waals surface area contributed by atoms with Crippen LogP contribution in [0.3, 0.4) is 0 Å². The molecule has 1 rings (SSSR count). The zero-order chi connectivity index (χ0) is 11.5. The fourth-order valence-electron chi connectivity index (χ4n) is 0.959. The predicted octanol–water partition coefficient (Wildman–Crippen LogP) is 1.79. The molecule has 0 aromatic carbocycles. The first-order chi connectivity index (χ1) is 6.90. The molecule has 0 atom stereocenters. The lowest BCUT2D eigenvalue weighted by molar-refractivity contribution is 0.0944. The summed E-state index contributed by atoms with van der Waals surface area (Å²) in [5.41, 5.74) is -0.398. The van der Waals surface area contributed by atoms with Gasteiger partial charge in [-0.15, -0.1) is 0 Å². The number of nitrogens with zero attached hydrogens (tertiary/aromatic N) is 2. The Bertz CT molecular complexity index is 393. The number of pyridine rings is 1. The van der Waals surface area contributed by atoms with Crippen LogP contribution in [0, 0.1) is 11.3 Å². The minimum Gasteiger partial charge on any atom is -0.389 e. The molecule has 2 N–H and O–H groups in total. The molecule has 5 heteroatoms. The van der Waals surface area contributed by atoms with Gasteiger partial charge in [-0.3, -0.25) is 0 Å². The van der Waals surface area contributed by atoms with E-state index in [1.807, 2.05) is 6.07 Å². The van der Waals surface area contributed by atoms with Crippen molar-refractivity contribution in [3.63, 3.8) is 0 Å². The molecule has 0 aliphatic carbocycles. The van der Waals surface area contributed by atoms with E-state index in [9.17, 15) is 5.11 Å². The third-order valence-corrected chi connectivity index (χ3v) is 1.82. The molecule has 0 saturated heterocycles. The van der Waals surface area contributed by atoms with Crippen LogP contribution in [0.4, 0.5) is 5.82 Å². The molecule has 0 aliphatic heterocycles. The van der Waals surface area contributed by atoms with Gasteiger partial charge in [0.05, 0.1) is 17.2 Å². The average Bonchev–Trinajstić information content (AvgIpc) is 2.13. The smallest absolute Gasteiger partial charge is 0.132 e. The number of hydrogen-bond acceptors (Lipinski definition) is 4. The van der Waals surface area contributed by atoms with Gasteiger partial charge in [0.25, 0.3) is 0 Å². The van der Waals surface area contributed by atoms with Crippen LogP contribution < -0.4 is 5.32 Å². The van der Waals surface area contributed by atoms with Gasteiger partial charge in [0, 0.05) is 6.54 Å². The van der Waals surface area contributed by atoms with Crippen molar-refractivity contribution in [2.75, 3.05) is 11.9 Å². The zero-order valence-corrected chi connectivity index (χ0v) is 9.34. The van der Waals surface area contributed by atoms with Gasteiger partial charge in [-0.2, -0.15) is 5.26 Å². The van der Waals surface area contributed by atoms with Crippen molar-refractivity contribution in [2.24, 2.45) is 0 Å². The fourth-order valence-corrected chi connectivity index (χ4v) is 1.17. The van der Waals surface area contributed by atoms with Crippen molar-refractivity contribution in [2.45, 2.75) is 19.4 Å². The van der Waals surface area contributed by atoms with Gasteiger partial charge in [0.15, 0.2) is 0 Å². The molecule has 15 heavy (non-hydrogen) atoms. The molecule has 0 amide bonds. The minimum atomic E-state index is -0.837. The van der Waals surface area contributed by atoms with Gasteiger partial charge < -0.3 is 10.4 Å². The highest BCUT2D eigenvalue weighted by Gasteiger charge is 2.12. The Kier molecular flexibility index (Phi) is 3.51. The molecule has 1 aromatic heterocycles. The lowest BCUT2D eigenvalue weighted by Crippen LogP contribution is -2.29. The molecule has 0 radical (unpaired) electrons. The van der Waals surface area contributed by atoms with Crippen LogP contribution in [0.15, 0.2) is 12.1 Å². The quantitative estimate of drug-likeness (QED) is 0.770. The minimum absolute atomic E-state index is 0.257. The molecule has 0 unspecified atom stereocenters. The normalized spacial score (nSPS) is 10.9. The second-order valence-electron chi connectivity index (χ2n) is 3.84. The SMILES string of the molecule is CC(C)(O)CNc1cc(C#N)cc(Cl)n1. The summed E-state index contributed by atoms with van der Waals surface area (Å²) in [5.74, 6) is 0.487. The molecule has 0 bridgehead atoms. The van der Waals surface area contributed by atoms with Crippen molar-refractivity contribution in [3.8, 4) is 6.07 Å². The van der Waals surface area contributed by atoms with E-state index in [0.29, 0.717) is 17.9 Å². The summed E-state index contributed by atoms with van der Waals surface area (Å²) in [6, 6.07) is 5.04. The van der Waals surface area contributed by atoms with Crippen molar-refractivity contribution in [1.29, 1.82) is 5.26 Å². The first-order valence-electron chi connectivity index (χ1n) is 4.45. The molecular formula is C10H12ClN3O. The lowest BCUT2D eigenvalue weighted by Gasteiger charge is -2.18. The number of nitrogens with one attached hydrogen (secondary N) is 1. The van der Waals surface area contributed by atoms with Crippen molar-refractivity contribution in [1.82, 2.24) is 4.98 Å². The Morgan fingerprint density at radius 1 is 1.60 bits per heavy atom. The summed E-state index contributed by atoms with van der Waals surface area (Å²) in [6.45, 7) is 3.69. The number of anilines is 1. The molecule has 0 spiro atoms. The number of halogens is 1. The van der Waals surface area contributed by atoms with E-state index in [-0.39, 0.29) is 5.15 Å². The molecule has 1 aromatic rings. The topological polar surface area (TPSA) is 68.9 Å². The summed E-state index contributed by atoms with van der Waals surface area (Å²) in [6.07, 6.45) is 0. The van der Waals surface area contributed by atoms with Crippen LogP contribution in [0.5, 0.6) is 0 Å². The monoisotopic (exact) mass is 225 g/mol. The van der Waals surface area contributed by atoms with E-state index < -0.39 is 5.60 Å². The molecule has 1 heterocycles.